The maximum atomic E-state index is 13.5. The molecular weight excluding hydrogens is 565 g/mol. The van der Waals surface area contributed by atoms with Crippen molar-refractivity contribution in [3.8, 4) is 17.1 Å². The molecule has 228 valence electrons. The fraction of sp³-hybridized carbons (Fsp3) is 0.536. The number of H-pyrrole nitrogens is 1. The van der Waals surface area contributed by atoms with Crippen molar-refractivity contribution in [1.29, 1.82) is 0 Å². The molecule has 7 rings (SSSR count). The number of nitrogens with zero attached hydrogens (tertiary/aromatic N) is 8. The molecule has 1 aliphatic carbocycles. The summed E-state index contributed by atoms with van der Waals surface area (Å²) in [6, 6.07) is 3.77. The Hall–Kier alpha value is -3.66. The third-order valence-electron chi connectivity index (χ3n) is 8.92. The number of aromatic amines is 1. The van der Waals surface area contributed by atoms with Crippen LogP contribution >= 0.6 is 0 Å². The number of nitrogens with one attached hydrogen (secondary N) is 1. The zero-order valence-electron chi connectivity index (χ0n) is 23.4. The van der Waals surface area contributed by atoms with Gasteiger partial charge in [-0.1, -0.05) is 0 Å². The first-order chi connectivity index (χ1) is 20.7. The van der Waals surface area contributed by atoms with Gasteiger partial charge < -0.3 is 20.6 Å². The lowest BCUT2D eigenvalue weighted by Gasteiger charge is -2.52. The summed E-state index contributed by atoms with van der Waals surface area (Å²) in [5.74, 6) is -1.26. The summed E-state index contributed by atoms with van der Waals surface area (Å²) in [6.07, 6.45) is 4.90. The summed E-state index contributed by atoms with van der Waals surface area (Å²) >= 11 is 0. The van der Waals surface area contributed by atoms with Gasteiger partial charge in [0.25, 0.3) is 0 Å². The molecule has 0 radical (unpaired) electrons. The van der Waals surface area contributed by atoms with E-state index in [9.17, 15) is 18.3 Å². The minimum Gasteiger partial charge on any atom is -0.474 e. The lowest BCUT2D eigenvalue weighted by atomic mass is 9.71. The maximum Gasteiger partial charge on any atom is 0.451 e. The second kappa shape index (κ2) is 10.8. The predicted molar refractivity (Wildman–Crippen MR) is 149 cm³/mol. The van der Waals surface area contributed by atoms with Crippen LogP contribution in [0.5, 0.6) is 5.88 Å². The van der Waals surface area contributed by atoms with E-state index in [1.165, 1.54) is 12.4 Å². The van der Waals surface area contributed by atoms with E-state index in [0.29, 0.717) is 38.5 Å². The molecule has 4 aromatic rings. The van der Waals surface area contributed by atoms with E-state index in [1.54, 1.807) is 0 Å². The van der Waals surface area contributed by atoms with Crippen LogP contribution in [-0.4, -0.2) is 101 Å². The number of hydrogen-bond donors (Lipinski definition) is 3. The second-order valence-corrected chi connectivity index (χ2v) is 11.8. The van der Waals surface area contributed by atoms with Crippen molar-refractivity contribution in [2.45, 2.75) is 62.2 Å². The number of hydrogen-bond acceptors (Lipinski definition) is 10. The maximum absolute atomic E-state index is 13.5. The zero-order valence-corrected chi connectivity index (χ0v) is 23.4. The number of fused-ring (bicyclic) bond motifs is 1. The highest BCUT2D eigenvalue weighted by Crippen LogP contribution is 2.43. The van der Waals surface area contributed by atoms with Crippen molar-refractivity contribution in [3.05, 3.63) is 48.6 Å². The Morgan fingerprint density at radius 2 is 1.93 bits per heavy atom. The lowest BCUT2D eigenvalue weighted by molar-refractivity contribution is -0.145. The molecule has 0 amide bonds. The predicted octanol–water partition coefficient (Wildman–Crippen LogP) is 2.17. The molecule has 0 bridgehead atoms. The van der Waals surface area contributed by atoms with Crippen LogP contribution in [0.3, 0.4) is 0 Å². The highest BCUT2D eigenvalue weighted by molar-refractivity contribution is 5.90. The SMILES string of the molecule is NCC1(n2cc(-c3ncnc4[nH]ccc34)cn2)CC(N2CCC(Oc3cc(CN4CC(O)C4)nc(C(F)(F)F)n3)CC2)C1. The Morgan fingerprint density at radius 1 is 1.14 bits per heavy atom. The van der Waals surface area contributed by atoms with E-state index in [1.807, 2.05) is 34.2 Å². The normalized spacial score (nSPS) is 24.3. The van der Waals surface area contributed by atoms with Gasteiger partial charge in [0.15, 0.2) is 0 Å². The highest BCUT2D eigenvalue weighted by Gasteiger charge is 2.48. The molecular formula is C28H33F3N10O2. The van der Waals surface area contributed by atoms with Gasteiger partial charge in [-0.05, 0) is 31.7 Å². The van der Waals surface area contributed by atoms with Crippen molar-refractivity contribution in [2.75, 3.05) is 32.7 Å². The number of β-amino-alcohol motifs (C(OH)–C–C–N with tert-alkyl or cyclic N) is 1. The first kappa shape index (κ1) is 28.1. The van der Waals surface area contributed by atoms with Gasteiger partial charge in [0.1, 0.15) is 18.1 Å². The van der Waals surface area contributed by atoms with Crippen molar-refractivity contribution in [3.63, 3.8) is 0 Å². The van der Waals surface area contributed by atoms with Gasteiger partial charge in [-0.3, -0.25) is 14.5 Å². The molecule has 3 aliphatic rings. The third-order valence-corrected chi connectivity index (χ3v) is 8.92. The topological polar surface area (TPSA) is 147 Å². The first-order valence-electron chi connectivity index (χ1n) is 14.5. The molecule has 0 aromatic carbocycles. The van der Waals surface area contributed by atoms with Crippen molar-refractivity contribution >= 4 is 11.0 Å². The van der Waals surface area contributed by atoms with Crippen LogP contribution in [0.25, 0.3) is 22.3 Å². The molecule has 0 unspecified atom stereocenters. The number of halogens is 3. The first-order valence-corrected chi connectivity index (χ1v) is 14.5. The molecule has 1 saturated carbocycles. The summed E-state index contributed by atoms with van der Waals surface area (Å²) < 4.78 is 48.4. The van der Waals surface area contributed by atoms with E-state index in [0.717, 1.165) is 48.2 Å². The van der Waals surface area contributed by atoms with Gasteiger partial charge in [0.2, 0.25) is 11.7 Å². The molecule has 12 nitrogen and oxygen atoms in total. The number of nitrogens with two attached hydrogens (primary N) is 1. The van der Waals surface area contributed by atoms with Crippen LogP contribution in [0.2, 0.25) is 0 Å². The van der Waals surface area contributed by atoms with Gasteiger partial charge in [-0.2, -0.15) is 23.3 Å². The van der Waals surface area contributed by atoms with E-state index in [4.69, 9.17) is 10.5 Å². The molecule has 6 heterocycles. The number of piperidine rings is 1. The Labute approximate surface area is 245 Å². The minimum absolute atomic E-state index is 0.0577. The number of aromatic nitrogens is 7. The van der Waals surface area contributed by atoms with E-state index in [-0.39, 0.29) is 29.8 Å². The summed E-state index contributed by atoms with van der Waals surface area (Å²) in [4.78, 5) is 23.5. The van der Waals surface area contributed by atoms with Crippen LogP contribution < -0.4 is 10.5 Å². The number of rotatable bonds is 8. The second-order valence-electron chi connectivity index (χ2n) is 11.8. The highest BCUT2D eigenvalue weighted by atomic mass is 19.4. The number of ether oxygens (including phenoxy) is 1. The summed E-state index contributed by atoms with van der Waals surface area (Å²) in [6.45, 7) is 3.02. The lowest BCUT2D eigenvalue weighted by Crippen LogP contribution is -2.61. The van der Waals surface area contributed by atoms with Gasteiger partial charge in [0, 0.05) is 74.7 Å². The Morgan fingerprint density at radius 3 is 2.65 bits per heavy atom. The Bertz CT molecular complexity index is 1590. The average molecular weight is 599 g/mol. The smallest absolute Gasteiger partial charge is 0.451 e. The van der Waals surface area contributed by atoms with Crippen molar-refractivity contribution in [1.82, 2.24) is 44.5 Å². The molecule has 2 saturated heterocycles. The van der Waals surface area contributed by atoms with Crippen LogP contribution in [0.4, 0.5) is 13.2 Å². The van der Waals surface area contributed by atoms with Gasteiger partial charge >= 0.3 is 6.18 Å². The molecule has 4 N–H and O–H groups in total. The molecule has 3 fully saturated rings. The van der Waals surface area contributed by atoms with Crippen molar-refractivity contribution < 1.29 is 23.0 Å². The standard InChI is InChI=1S/C28H33F3N10O2/c29-28(30,31)26-37-18(12-39-13-20(42)14-39)7-23(38-26)43-21-2-5-40(6-3-21)19-8-27(9-19,15-32)41-11-17(10-36-41)24-22-1-4-33-25(22)35-16-34-24/h1,4,7,10-11,16,19-21,42H,2-3,5-6,8-9,12-15,32H2,(H,33,34,35). The zero-order chi connectivity index (χ0) is 29.8. The fourth-order valence-corrected chi connectivity index (χ4v) is 6.50. The van der Waals surface area contributed by atoms with Gasteiger partial charge in [-0.15, -0.1) is 0 Å². The molecule has 43 heavy (non-hydrogen) atoms. The molecule has 2 aliphatic heterocycles. The van der Waals surface area contributed by atoms with Crippen LogP contribution in [0.1, 0.15) is 37.2 Å². The summed E-state index contributed by atoms with van der Waals surface area (Å²) in [7, 11) is 0. The summed E-state index contributed by atoms with van der Waals surface area (Å²) in [5, 5.41) is 15.1. The van der Waals surface area contributed by atoms with Crippen molar-refractivity contribution in [2.24, 2.45) is 5.73 Å². The van der Waals surface area contributed by atoms with Crippen LogP contribution in [0, 0.1) is 0 Å². The Kier molecular flexibility index (Phi) is 7.07. The number of aliphatic hydroxyl groups excluding tert-OH is 1. The van der Waals surface area contributed by atoms with E-state index >= 15 is 0 Å². The molecule has 15 heteroatoms. The molecule has 4 aromatic heterocycles. The minimum atomic E-state index is -4.68. The monoisotopic (exact) mass is 598 g/mol. The number of alkyl halides is 3. The third kappa shape index (κ3) is 5.46. The largest absolute Gasteiger partial charge is 0.474 e. The number of aliphatic hydroxyl groups is 1. The van der Waals surface area contributed by atoms with E-state index < -0.39 is 18.1 Å². The quantitative estimate of drug-likeness (QED) is 0.276. The van der Waals surface area contributed by atoms with E-state index in [2.05, 4.69) is 34.9 Å². The van der Waals surface area contributed by atoms with Crippen LogP contribution in [-0.2, 0) is 18.3 Å². The summed E-state index contributed by atoms with van der Waals surface area (Å²) in [5.41, 5.74) is 8.74. The number of likely N-dealkylation sites (tertiary alicyclic amines) is 2. The molecule has 0 spiro atoms. The Balaban J connectivity index is 0.967. The van der Waals surface area contributed by atoms with Gasteiger partial charge in [-0.25, -0.2) is 15.0 Å². The fourth-order valence-electron chi connectivity index (χ4n) is 6.50. The molecule has 0 atom stereocenters. The van der Waals surface area contributed by atoms with Gasteiger partial charge in [0.05, 0.1) is 29.2 Å². The van der Waals surface area contributed by atoms with Crippen LogP contribution in [0.15, 0.2) is 37.1 Å². The average Bonchev–Trinajstić information content (AvgIpc) is 3.63.